The second-order valence-electron chi connectivity index (χ2n) is 6.03. The summed E-state index contributed by atoms with van der Waals surface area (Å²) in [6.45, 7) is 3.64. The molecule has 0 bridgehead atoms. The van der Waals surface area contributed by atoms with Gasteiger partial charge in [-0.1, -0.05) is 11.8 Å². The van der Waals surface area contributed by atoms with Gasteiger partial charge in [0.15, 0.2) is 5.17 Å². The molecule has 0 unspecified atom stereocenters. The van der Waals surface area contributed by atoms with Crippen LogP contribution in [-0.2, 0) is 5.54 Å². The lowest BCUT2D eigenvalue weighted by Gasteiger charge is -2.30. The van der Waals surface area contributed by atoms with Crippen molar-refractivity contribution >= 4 is 28.5 Å². The van der Waals surface area contributed by atoms with Crippen LogP contribution in [0.15, 0.2) is 46.6 Å². The predicted molar refractivity (Wildman–Crippen MR) is 103 cm³/mol. The molecular weight excluding hydrogens is 369 g/mol. The van der Waals surface area contributed by atoms with E-state index in [1.54, 1.807) is 13.0 Å². The van der Waals surface area contributed by atoms with Gasteiger partial charge in [-0.15, -0.1) is 0 Å². The Hall–Kier alpha value is -2.94. The van der Waals surface area contributed by atoms with E-state index >= 15 is 0 Å². The van der Waals surface area contributed by atoms with E-state index in [9.17, 15) is 9.18 Å². The smallest absolute Gasteiger partial charge is 0.275 e. The van der Waals surface area contributed by atoms with Crippen LogP contribution in [0.4, 0.5) is 10.1 Å². The summed E-state index contributed by atoms with van der Waals surface area (Å²) in [6, 6.07) is 4.31. The molecule has 27 heavy (non-hydrogen) atoms. The van der Waals surface area contributed by atoms with Gasteiger partial charge < -0.3 is 15.8 Å². The van der Waals surface area contributed by atoms with Crippen LogP contribution in [0.1, 0.15) is 29.9 Å². The first-order valence-electron chi connectivity index (χ1n) is 8.00. The monoisotopic (exact) mass is 387 g/mol. The Kier molecular flexibility index (Phi) is 5.13. The molecular formula is C18H18FN5O2S. The summed E-state index contributed by atoms with van der Waals surface area (Å²) in [5.74, 6) is -0.602. The minimum Gasteiger partial charge on any atom is -0.480 e. The first kappa shape index (κ1) is 18.8. The number of thioether (sulfide) groups is 1. The van der Waals surface area contributed by atoms with E-state index in [0.717, 1.165) is 5.57 Å². The molecule has 0 spiro atoms. The number of amides is 1. The lowest BCUT2D eigenvalue weighted by Crippen LogP contribution is -2.28. The van der Waals surface area contributed by atoms with Crippen LogP contribution in [0.3, 0.4) is 0 Å². The Balaban J connectivity index is 1.90. The Bertz CT molecular complexity index is 945. The number of hydrogen-bond acceptors (Lipinski definition) is 7. The van der Waals surface area contributed by atoms with Gasteiger partial charge in [-0.05, 0) is 43.0 Å². The molecule has 0 saturated heterocycles. The number of halogens is 1. The summed E-state index contributed by atoms with van der Waals surface area (Å²) in [5, 5.41) is 4.89. The highest BCUT2D eigenvalue weighted by Crippen LogP contribution is 2.40. The van der Waals surface area contributed by atoms with Gasteiger partial charge in [-0.2, -0.15) is 0 Å². The highest BCUT2D eigenvalue weighted by molar-refractivity contribution is 8.16. The molecule has 1 aromatic carbocycles. The highest BCUT2D eigenvalue weighted by Gasteiger charge is 2.34. The van der Waals surface area contributed by atoms with Gasteiger partial charge in [0, 0.05) is 11.3 Å². The Morgan fingerprint density at radius 1 is 1.33 bits per heavy atom. The molecule has 7 nitrogen and oxygen atoms in total. The molecule has 0 radical (unpaired) electrons. The number of nitrogens with zero attached hydrogens (tertiary/aromatic N) is 3. The number of nitrogens with two attached hydrogens (primary N) is 1. The number of nitrogens with one attached hydrogen (secondary N) is 1. The zero-order chi connectivity index (χ0) is 19.6. The highest BCUT2D eigenvalue weighted by atomic mass is 32.2. The number of ether oxygens (including phenoxy) is 1. The summed E-state index contributed by atoms with van der Waals surface area (Å²) in [5.41, 5.74) is 6.58. The van der Waals surface area contributed by atoms with Crippen LogP contribution in [0.25, 0.3) is 0 Å². The minimum atomic E-state index is -0.944. The quantitative estimate of drug-likeness (QED) is 0.836. The second kappa shape index (κ2) is 7.36. The number of amidine groups is 1. The van der Waals surface area contributed by atoms with E-state index < -0.39 is 17.3 Å². The molecule has 0 fully saturated rings. The third kappa shape index (κ3) is 3.77. The number of rotatable bonds is 4. The van der Waals surface area contributed by atoms with Crippen LogP contribution >= 0.6 is 11.8 Å². The Labute approximate surface area is 160 Å². The molecule has 1 atom stereocenters. The lowest BCUT2D eigenvalue weighted by molar-refractivity contribution is 0.102. The van der Waals surface area contributed by atoms with Gasteiger partial charge in [0.2, 0.25) is 5.88 Å². The van der Waals surface area contributed by atoms with Crippen LogP contribution < -0.4 is 15.8 Å². The average Bonchev–Trinajstić information content (AvgIpc) is 2.66. The van der Waals surface area contributed by atoms with E-state index in [1.807, 2.05) is 12.3 Å². The molecule has 3 rings (SSSR count). The predicted octanol–water partition coefficient (Wildman–Crippen LogP) is 3.06. The maximum absolute atomic E-state index is 14.6. The van der Waals surface area contributed by atoms with E-state index in [2.05, 4.69) is 20.3 Å². The number of benzene rings is 1. The van der Waals surface area contributed by atoms with Crippen molar-refractivity contribution in [1.29, 1.82) is 0 Å². The fourth-order valence-electron chi connectivity index (χ4n) is 2.58. The molecule has 1 aliphatic heterocycles. The molecule has 2 aromatic rings. The van der Waals surface area contributed by atoms with Crippen molar-refractivity contribution < 1.29 is 13.9 Å². The average molecular weight is 387 g/mol. The Morgan fingerprint density at radius 2 is 2.11 bits per heavy atom. The summed E-state index contributed by atoms with van der Waals surface area (Å²) in [4.78, 5) is 24.7. The van der Waals surface area contributed by atoms with Gasteiger partial charge in [-0.3, -0.25) is 4.79 Å². The zero-order valence-electron chi connectivity index (χ0n) is 15.0. The van der Waals surface area contributed by atoms with Crippen molar-refractivity contribution in [2.75, 3.05) is 12.4 Å². The lowest BCUT2D eigenvalue weighted by atomic mass is 9.85. The van der Waals surface area contributed by atoms with E-state index in [4.69, 9.17) is 10.5 Å². The third-order valence-corrected chi connectivity index (χ3v) is 5.08. The molecule has 140 valence electrons. The third-order valence-electron chi connectivity index (χ3n) is 4.28. The van der Waals surface area contributed by atoms with Crippen molar-refractivity contribution in [3.8, 4) is 5.88 Å². The van der Waals surface area contributed by atoms with Gasteiger partial charge in [-0.25, -0.2) is 19.4 Å². The molecule has 1 aliphatic rings. The van der Waals surface area contributed by atoms with Crippen LogP contribution in [0.2, 0.25) is 0 Å². The SMILES string of the molecule is COc1cnc(C(=O)Nc2ccc(F)c([C@@]3(C)N=C(N)SC=C3C)c2)cn1. The fourth-order valence-corrected chi connectivity index (χ4v) is 3.34. The van der Waals surface area contributed by atoms with E-state index in [1.165, 1.54) is 43.4 Å². The van der Waals surface area contributed by atoms with Gasteiger partial charge in [0.05, 0.1) is 19.5 Å². The summed E-state index contributed by atoms with van der Waals surface area (Å²) in [7, 11) is 1.46. The topological polar surface area (TPSA) is 102 Å². The number of carbonyl (C=O) groups is 1. The van der Waals surface area contributed by atoms with Crippen molar-refractivity contribution in [2.24, 2.45) is 10.7 Å². The number of methoxy groups -OCH3 is 1. The van der Waals surface area contributed by atoms with Gasteiger partial charge in [0.1, 0.15) is 17.1 Å². The standard InChI is InChI=1S/C18H18FN5O2S/c1-10-9-27-17(20)24-18(10,2)12-6-11(4-5-13(12)19)23-16(25)14-7-22-15(26-3)8-21-14/h4-9H,1-3H3,(H2,20,24)(H,23,25)/t18-/m0/s1. The Morgan fingerprint density at radius 3 is 2.78 bits per heavy atom. The van der Waals surface area contributed by atoms with Crippen molar-refractivity contribution in [1.82, 2.24) is 9.97 Å². The zero-order valence-corrected chi connectivity index (χ0v) is 15.8. The molecule has 0 saturated carbocycles. The first-order valence-corrected chi connectivity index (χ1v) is 8.88. The maximum Gasteiger partial charge on any atom is 0.275 e. The fraction of sp³-hybridized carbons (Fsp3) is 0.222. The van der Waals surface area contributed by atoms with E-state index in [0.29, 0.717) is 22.3 Å². The van der Waals surface area contributed by atoms with Gasteiger partial charge in [0.25, 0.3) is 5.91 Å². The van der Waals surface area contributed by atoms with Crippen molar-refractivity contribution in [2.45, 2.75) is 19.4 Å². The molecule has 9 heteroatoms. The summed E-state index contributed by atoms with van der Waals surface area (Å²) in [6.07, 6.45) is 2.65. The normalized spacial score (nSPS) is 19.1. The molecule has 1 aromatic heterocycles. The summed E-state index contributed by atoms with van der Waals surface area (Å²) >= 11 is 1.29. The largest absolute Gasteiger partial charge is 0.480 e. The van der Waals surface area contributed by atoms with Gasteiger partial charge >= 0.3 is 0 Å². The van der Waals surface area contributed by atoms with Crippen LogP contribution in [0, 0.1) is 5.82 Å². The molecule has 3 N–H and O–H groups in total. The molecule has 0 aliphatic carbocycles. The van der Waals surface area contributed by atoms with Crippen molar-refractivity contribution in [3.05, 3.63) is 58.6 Å². The first-order chi connectivity index (χ1) is 12.8. The van der Waals surface area contributed by atoms with Crippen molar-refractivity contribution in [3.63, 3.8) is 0 Å². The number of carbonyl (C=O) groups excluding carboxylic acids is 1. The maximum atomic E-state index is 14.6. The number of aliphatic imine (C=N–C) groups is 1. The van der Waals surface area contributed by atoms with E-state index in [-0.39, 0.29) is 5.69 Å². The molecule has 1 amide bonds. The summed E-state index contributed by atoms with van der Waals surface area (Å²) < 4.78 is 19.5. The van der Waals surface area contributed by atoms with Crippen LogP contribution in [-0.4, -0.2) is 28.2 Å². The second-order valence-corrected chi connectivity index (χ2v) is 6.92. The number of aromatic nitrogens is 2. The number of hydrogen-bond donors (Lipinski definition) is 2. The minimum absolute atomic E-state index is 0.111. The van der Waals surface area contributed by atoms with Crippen LogP contribution in [0.5, 0.6) is 5.88 Å². The molecule has 2 heterocycles. The number of anilines is 1.